The van der Waals surface area contributed by atoms with Gasteiger partial charge in [-0.2, -0.15) is 10.2 Å². The first-order chi connectivity index (χ1) is 15.6. The summed E-state index contributed by atoms with van der Waals surface area (Å²) >= 11 is 1.47. The zero-order valence-electron chi connectivity index (χ0n) is 19.2. The van der Waals surface area contributed by atoms with Crippen LogP contribution >= 0.6 is 11.3 Å². The standard InChI is InChI=1S/C26H32FN3OS/c1-4-5-6-7-8-9-18-31-26-17-16-25(32-26)23-15-12-21(19-24(23)27)29-28-20-10-13-22(14-11-20)30(2)3/h10-17,19H,4-9,18H2,1-3H3. The van der Waals surface area contributed by atoms with Crippen molar-refractivity contribution >= 4 is 28.4 Å². The summed E-state index contributed by atoms with van der Waals surface area (Å²) in [5, 5.41) is 9.22. The summed E-state index contributed by atoms with van der Waals surface area (Å²) < 4.78 is 20.6. The van der Waals surface area contributed by atoms with Crippen LogP contribution in [0.15, 0.2) is 64.8 Å². The summed E-state index contributed by atoms with van der Waals surface area (Å²) in [5.41, 5.74) is 2.86. The van der Waals surface area contributed by atoms with Crippen molar-refractivity contribution in [2.75, 3.05) is 25.6 Å². The van der Waals surface area contributed by atoms with Gasteiger partial charge < -0.3 is 9.64 Å². The van der Waals surface area contributed by atoms with Crippen LogP contribution in [0.2, 0.25) is 0 Å². The summed E-state index contributed by atoms with van der Waals surface area (Å²) in [6.45, 7) is 2.94. The maximum absolute atomic E-state index is 14.7. The van der Waals surface area contributed by atoms with Crippen molar-refractivity contribution in [1.82, 2.24) is 0 Å². The summed E-state index contributed by atoms with van der Waals surface area (Å²) in [5.74, 6) is -0.311. The molecule has 0 N–H and O–H groups in total. The van der Waals surface area contributed by atoms with E-state index in [0.717, 1.165) is 27.7 Å². The Kier molecular flexibility index (Phi) is 9.23. The van der Waals surface area contributed by atoms with Gasteiger partial charge in [0.25, 0.3) is 0 Å². The van der Waals surface area contributed by atoms with Gasteiger partial charge in [0.2, 0.25) is 0 Å². The first-order valence-corrected chi connectivity index (χ1v) is 12.1. The van der Waals surface area contributed by atoms with Crippen LogP contribution in [0.25, 0.3) is 10.4 Å². The van der Waals surface area contributed by atoms with Crippen molar-refractivity contribution in [3.8, 4) is 15.5 Å². The summed E-state index contributed by atoms with van der Waals surface area (Å²) in [4.78, 5) is 2.87. The van der Waals surface area contributed by atoms with Gasteiger partial charge in [-0.3, -0.25) is 0 Å². The lowest BCUT2D eigenvalue weighted by Crippen LogP contribution is -2.07. The lowest BCUT2D eigenvalue weighted by molar-refractivity contribution is 0.313. The summed E-state index contributed by atoms with van der Waals surface area (Å²) in [7, 11) is 3.97. The molecular formula is C26H32FN3OS. The van der Waals surface area contributed by atoms with Crippen LogP contribution in [-0.2, 0) is 0 Å². The van der Waals surface area contributed by atoms with Crippen molar-refractivity contribution in [2.45, 2.75) is 45.4 Å². The number of unbranched alkanes of at least 4 members (excludes halogenated alkanes) is 5. The van der Waals surface area contributed by atoms with Crippen molar-refractivity contribution in [1.29, 1.82) is 0 Å². The smallest absolute Gasteiger partial charge is 0.174 e. The van der Waals surface area contributed by atoms with Crippen LogP contribution < -0.4 is 9.64 Å². The summed E-state index contributed by atoms with van der Waals surface area (Å²) in [6.07, 6.45) is 7.40. The maximum Gasteiger partial charge on any atom is 0.174 e. The number of azo groups is 1. The van der Waals surface area contributed by atoms with Gasteiger partial charge in [0, 0.05) is 36.3 Å². The quantitative estimate of drug-likeness (QED) is 0.203. The fourth-order valence-electron chi connectivity index (χ4n) is 3.30. The van der Waals surface area contributed by atoms with Crippen molar-refractivity contribution < 1.29 is 9.13 Å². The van der Waals surface area contributed by atoms with Crippen molar-refractivity contribution in [2.24, 2.45) is 10.2 Å². The van der Waals surface area contributed by atoms with E-state index in [-0.39, 0.29) is 5.82 Å². The molecule has 4 nitrogen and oxygen atoms in total. The third-order valence-corrected chi connectivity index (χ3v) is 6.22. The SMILES string of the molecule is CCCCCCCCOc1ccc(-c2ccc(N=Nc3ccc(N(C)C)cc3)cc2F)s1. The predicted molar refractivity (Wildman–Crippen MR) is 134 cm³/mol. The Morgan fingerprint density at radius 3 is 2.25 bits per heavy atom. The Morgan fingerprint density at radius 1 is 0.844 bits per heavy atom. The fraction of sp³-hybridized carbons (Fsp3) is 0.385. The maximum atomic E-state index is 14.7. The van der Waals surface area contributed by atoms with Gasteiger partial charge in [-0.1, -0.05) is 50.4 Å². The Balaban J connectivity index is 1.55. The Morgan fingerprint density at radius 2 is 1.53 bits per heavy atom. The van der Waals surface area contributed by atoms with Gasteiger partial charge in [-0.05, 0) is 55.0 Å². The minimum atomic E-state index is -0.311. The van der Waals surface area contributed by atoms with Gasteiger partial charge in [0.1, 0.15) is 5.82 Å². The number of anilines is 1. The number of hydrogen-bond donors (Lipinski definition) is 0. The van der Waals surface area contributed by atoms with E-state index in [2.05, 4.69) is 17.2 Å². The van der Waals surface area contributed by atoms with E-state index in [0.29, 0.717) is 17.9 Å². The third-order valence-electron chi connectivity index (χ3n) is 5.19. The molecule has 0 atom stereocenters. The molecule has 0 spiro atoms. The lowest BCUT2D eigenvalue weighted by Gasteiger charge is -2.11. The number of rotatable bonds is 12. The molecule has 2 aromatic carbocycles. The monoisotopic (exact) mass is 453 g/mol. The van der Waals surface area contributed by atoms with E-state index in [1.54, 1.807) is 12.1 Å². The molecule has 0 radical (unpaired) electrons. The summed E-state index contributed by atoms with van der Waals surface area (Å²) in [6, 6.07) is 16.5. The third kappa shape index (κ3) is 7.16. The molecule has 3 rings (SSSR count). The van der Waals surface area contributed by atoms with Gasteiger partial charge >= 0.3 is 0 Å². The first-order valence-electron chi connectivity index (χ1n) is 11.3. The van der Waals surface area contributed by atoms with E-state index in [4.69, 9.17) is 4.74 Å². The van der Waals surface area contributed by atoms with E-state index in [1.165, 1.54) is 49.5 Å². The highest BCUT2D eigenvalue weighted by molar-refractivity contribution is 7.17. The molecule has 6 heteroatoms. The Hall–Kier alpha value is -2.73. The molecule has 1 aromatic heterocycles. The molecule has 1 heterocycles. The molecule has 170 valence electrons. The number of nitrogens with zero attached hydrogens (tertiary/aromatic N) is 3. The molecule has 0 aliphatic heterocycles. The predicted octanol–water partition coefficient (Wildman–Crippen LogP) is 8.77. The highest BCUT2D eigenvalue weighted by Crippen LogP contribution is 2.36. The van der Waals surface area contributed by atoms with Gasteiger partial charge in [0.05, 0.1) is 18.0 Å². The Labute approximate surface area is 194 Å². The molecule has 0 saturated carbocycles. The second kappa shape index (κ2) is 12.3. The zero-order chi connectivity index (χ0) is 22.8. The van der Waals surface area contributed by atoms with Crippen LogP contribution in [0.4, 0.5) is 21.5 Å². The van der Waals surface area contributed by atoms with Gasteiger partial charge in [0.15, 0.2) is 5.06 Å². The second-order valence-corrected chi connectivity index (χ2v) is 9.06. The molecule has 0 saturated heterocycles. The zero-order valence-corrected chi connectivity index (χ0v) is 20.0. The molecule has 0 amide bonds. The van der Waals surface area contributed by atoms with E-state index >= 15 is 0 Å². The van der Waals surface area contributed by atoms with Gasteiger partial charge in [-0.25, -0.2) is 4.39 Å². The molecule has 0 fully saturated rings. The fourth-order valence-corrected chi connectivity index (χ4v) is 4.20. The number of thiophene rings is 1. The molecule has 3 aromatic rings. The van der Waals surface area contributed by atoms with Crippen molar-refractivity contribution in [3.05, 3.63) is 60.4 Å². The second-order valence-electron chi connectivity index (χ2n) is 8.01. The normalized spacial score (nSPS) is 11.2. The molecule has 0 aliphatic rings. The molecule has 32 heavy (non-hydrogen) atoms. The van der Waals surface area contributed by atoms with Crippen LogP contribution in [0.5, 0.6) is 5.06 Å². The average molecular weight is 454 g/mol. The first kappa shape index (κ1) is 23.9. The molecule has 0 unspecified atom stereocenters. The Bertz CT molecular complexity index is 999. The average Bonchev–Trinajstić information content (AvgIpc) is 3.26. The highest BCUT2D eigenvalue weighted by atomic mass is 32.1. The minimum Gasteiger partial charge on any atom is -0.484 e. The molecule has 0 bridgehead atoms. The van der Waals surface area contributed by atoms with Crippen LogP contribution in [-0.4, -0.2) is 20.7 Å². The van der Waals surface area contributed by atoms with E-state index < -0.39 is 0 Å². The van der Waals surface area contributed by atoms with Crippen LogP contribution in [0, 0.1) is 5.82 Å². The number of hydrogen-bond acceptors (Lipinski definition) is 5. The number of benzene rings is 2. The van der Waals surface area contributed by atoms with Crippen molar-refractivity contribution in [3.63, 3.8) is 0 Å². The topological polar surface area (TPSA) is 37.2 Å². The number of halogens is 1. The largest absolute Gasteiger partial charge is 0.484 e. The lowest BCUT2D eigenvalue weighted by atomic mass is 10.1. The van der Waals surface area contributed by atoms with Crippen LogP contribution in [0.1, 0.15) is 45.4 Å². The molecule has 0 aliphatic carbocycles. The highest BCUT2D eigenvalue weighted by Gasteiger charge is 2.10. The van der Waals surface area contributed by atoms with E-state index in [1.807, 2.05) is 55.4 Å². The molecular weight excluding hydrogens is 421 g/mol. The minimum absolute atomic E-state index is 0.311. The van der Waals surface area contributed by atoms with Gasteiger partial charge in [-0.15, -0.1) is 0 Å². The van der Waals surface area contributed by atoms with E-state index in [9.17, 15) is 4.39 Å². The number of ether oxygens (including phenoxy) is 1. The van der Waals surface area contributed by atoms with Crippen LogP contribution in [0.3, 0.4) is 0 Å².